The summed E-state index contributed by atoms with van der Waals surface area (Å²) >= 11 is 0. The highest BCUT2D eigenvalue weighted by Gasteiger charge is 2.50. The minimum atomic E-state index is -0.242. The van der Waals surface area contributed by atoms with Crippen LogP contribution in [0.4, 0.5) is 0 Å². The Morgan fingerprint density at radius 2 is 2.15 bits per heavy atom. The molecule has 1 N–H and O–H groups in total. The van der Waals surface area contributed by atoms with Crippen LogP contribution >= 0.6 is 0 Å². The Morgan fingerprint density at radius 3 is 2.85 bits per heavy atom. The van der Waals surface area contributed by atoms with Gasteiger partial charge in [-0.1, -0.05) is 35.5 Å². The Labute approximate surface area is 153 Å². The SMILES string of the molecule is Cc1nocc1C(=O)N1CCC2CN(Cc3ccccc3)CC2(CO)C1. The number of aliphatic hydroxyl groups is 1. The van der Waals surface area contributed by atoms with Gasteiger partial charge in [0.25, 0.3) is 5.91 Å². The lowest BCUT2D eigenvalue weighted by Crippen LogP contribution is -2.52. The molecule has 0 saturated carbocycles. The van der Waals surface area contributed by atoms with E-state index >= 15 is 0 Å². The van der Waals surface area contributed by atoms with Crippen molar-refractivity contribution in [1.29, 1.82) is 0 Å². The predicted octanol–water partition coefficient (Wildman–Crippen LogP) is 1.94. The van der Waals surface area contributed by atoms with Crippen LogP contribution in [0, 0.1) is 18.3 Å². The summed E-state index contributed by atoms with van der Waals surface area (Å²) < 4.78 is 4.92. The summed E-state index contributed by atoms with van der Waals surface area (Å²) in [5.74, 6) is 0.375. The van der Waals surface area contributed by atoms with E-state index in [2.05, 4.69) is 34.3 Å². The first-order valence-corrected chi connectivity index (χ1v) is 9.19. The third-order valence-electron chi connectivity index (χ3n) is 5.97. The van der Waals surface area contributed by atoms with E-state index in [4.69, 9.17) is 4.52 Å². The van der Waals surface area contributed by atoms with Gasteiger partial charge in [0.1, 0.15) is 11.8 Å². The molecule has 2 atom stereocenters. The number of hydrogen-bond acceptors (Lipinski definition) is 5. The fourth-order valence-corrected chi connectivity index (χ4v) is 4.52. The molecule has 1 amide bonds. The Hall–Kier alpha value is -2.18. The number of piperidine rings is 1. The monoisotopic (exact) mass is 355 g/mol. The number of carbonyl (C=O) groups is 1. The van der Waals surface area contributed by atoms with Crippen LogP contribution in [-0.2, 0) is 6.54 Å². The molecule has 26 heavy (non-hydrogen) atoms. The molecule has 6 nitrogen and oxygen atoms in total. The van der Waals surface area contributed by atoms with Crippen molar-refractivity contribution in [3.63, 3.8) is 0 Å². The molecule has 0 aliphatic carbocycles. The average molecular weight is 355 g/mol. The summed E-state index contributed by atoms with van der Waals surface area (Å²) in [7, 11) is 0. The number of nitrogens with zero attached hydrogens (tertiary/aromatic N) is 3. The van der Waals surface area contributed by atoms with Gasteiger partial charge in [-0.25, -0.2) is 0 Å². The fraction of sp³-hybridized carbons (Fsp3) is 0.500. The molecule has 2 aliphatic rings. The number of likely N-dealkylation sites (tertiary alicyclic amines) is 2. The van der Waals surface area contributed by atoms with Crippen LogP contribution in [0.25, 0.3) is 0 Å². The lowest BCUT2D eigenvalue weighted by atomic mass is 9.74. The highest BCUT2D eigenvalue weighted by Crippen LogP contribution is 2.42. The van der Waals surface area contributed by atoms with Crippen LogP contribution < -0.4 is 0 Å². The van der Waals surface area contributed by atoms with Crippen LogP contribution in [0.1, 0.15) is 28.0 Å². The van der Waals surface area contributed by atoms with E-state index in [1.165, 1.54) is 11.8 Å². The molecular weight excluding hydrogens is 330 g/mol. The highest BCUT2D eigenvalue weighted by molar-refractivity contribution is 5.94. The number of benzene rings is 1. The molecule has 0 radical (unpaired) electrons. The summed E-state index contributed by atoms with van der Waals surface area (Å²) in [5.41, 5.74) is 2.18. The summed E-state index contributed by atoms with van der Waals surface area (Å²) in [5, 5.41) is 14.0. The number of rotatable bonds is 4. The number of aryl methyl sites for hydroxylation is 1. The molecule has 1 aromatic heterocycles. The third kappa shape index (κ3) is 3.04. The number of amides is 1. The zero-order chi connectivity index (χ0) is 18.1. The average Bonchev–Trinajstić information content (AvgIpc) is 3.24. The molecule has 2 aliphatic heterocycles. The van der Waals surface area contributed by atoms with E-state index in [9.17, 15) is 9.90 Å². The van der Waals surface area contributed by atoms with Crippen LogP contribution in [-0.4, -0.2) is 58.8 Å². The first-order chi connectivity index (χ1) is 12.6. The van der Waals surface area contributed by atoms with Crippen LogP contribution in [0.3, 0.4) is 0 Å². The highest BCUT2D eigenvalue weighted by atomic mass is 16.5. The van der Waals surface area contributed by atoms with Gasteiger partial charge < -0.3 is 14.5 Å². The molecule has 2 fully saturated rings. The minimum absolute atomic E-state index is 0.0449. The molecule has 0 spiro atoms. The standard InChI is InChI=1S/C20H25N3O3/c1-15-18(11-26-21-15)19(25)23-8-7-17-10-22(12-20(17,13-23)14-24)9-16-5-3-2-4-6-16/h2-6,11,17,24H,7-10,12-14H2,1H3. The Morgan fingerprint density at radius 1 is 1.35 bits per heavy atom. The van der Waals surface area contributed by atoms with E-state index in [0.29, 0.717) is 23.7 Å². The van der Waals surface area contributed by atoms with Gasteiger partial charge in [0, 0.05) is 38.1 Å². The predicted molar refractivity (Wildman–Crippen MR) is 96.5 cm³/mol. The van der Waals surface area contributed by atoms with Gasteiger partial charge in [-0.15, -0.1) is 0 Å². The van der Waals surface area contributed by atoms with Crippen molar-refractivity contribution >= 4 is 5.91 Å². The van der Waals surface area contributed by atoms with Gasteiger partial charge in [-0.05, 0) is 24.8 Å². The van der Waals surface area contributed by atoms with Crippen molar-refractivity contribution in [3.8, 4) is 0 Å². The van der Waals surface area contributed by atoms with Gasteiger partial charge in [0.2, 0.25) is 0 Å². The largest absolute Gasteiger partial charge is 0.396 e. The van der Waals surface area contributed by atoms with Crippen molar-refractivity contribution < 1.29 is 14.4 Å². The number of carbonyl (C=O) groups excluding carboxylic acids is 1. The number of hydrogen-bond donors (Lipinski definition) is 1. The minimum Gasteiger partial charge on any atom is -0.396 e. The molecule has 3 heterocycles. The maximum Gasteiger partial charge on any atom is 0.259 e. The van der Waals surface area contributed by atoms with E-state index in [-0.39, 0.29) is 17.9 Å². The normalized spacial score (nSPS) is 26.1. The zero-order valence-electron chi connectivity index (χ0n) is 15.1. The quantitative estimate of drug-likeness (QED) is 0.908. The molecule has 138 valence electrons. The first-order valence-electron chi connectivity index (χ1n) is 9.19. The molecule has 2 aromatic rings. The Balaban J connectivity index is 1.49. The fourth-order valence-electron chi connectivity index (χ4n) is 4.52. The molecule has 1 aromatic carbocycles. The lowest BCUT2D eigenvalue weighted by molar-refractivity contribution is 0.0117. The Kier molecular flexibility index (Phi) is 4.54. The number of aliphatic hydroxyl groups excluding tert-OH is 1. The number of fused-ring (bicyclic) bond motifs is 1. The maximum absolute atomic E-state index is 12.8. The second-order valence-corrected chi connectivity index (χ2v) is 7.70. The molecule has 4 rings (SSSR count). The molecule has 2 saturated heterocycles. The van der Waals surface area contributed by atoms with Crippen molar-refractivity contribution in [1.82, 2.24) is 15.0 Å². The van der Waals surface area contributed by atoms with Crippen LogP contribution in [0.2, 0.25) is 0 Å². The third-order valence-corrected chi connectivity index (χ3v) is 5.97. The molecule has 6 heteroatoms. The summed E-state index contributed by atoms with van der Waals surface area (Å²) in [6, 6.07) is 10.4. The lowest BCUT2D eigenvalue weighted by Gasteiger charge is -2.43. The number of aromatic nitrogens is 1. The van der Waals surface area contributed by atoms with Crippen molar-refractivity contribution in [2.75, 3.05) is 32.8 Å². The summed E-state index contributed by atoms with van der Waals surface area (Å²) in [6.07, 6.45) is 2.34. The smallest absolute Gasteiger partial charge is 0.259 e. The summed E-state index contributed by atoms with van der Waals surface area (Å²) in [4.78, 5) is 17.1. The maximum atomic E-state index is 12.8. The van der Waals surface area contributed by atoms with Gasteiger partial charge in [-0.2, -0.15) is 0 Å². The van der Waals surface area contributed by atoms with E-state index in [1.807, 2.05) is 11.0 Å². The summed E-state index contributed by atoms with van der Waals surface area (Å²) in [6.45, 7) is 5.87. The van der Waals surface area contributed by atoms with Crippen molar-refractivity contribution in [2.24, 2.45) is 11.3 Å². The molecule has 2 unspecified atom stereocenters. The molecule has 0 bridgehead atoms. The van der Waals surface area contributed by atoms with Crippen LogP contribution in [0.15, 0.2) is 41.1 Å². The topological polar surface area (TPSA) is 69.8 Å². The first kappa shape index (κ1) is 17.2. The Bertz CT molecular complexity index is 776. The van der Waals surface area contributed by atoms with Gasteiger partial charge in [-0.3, -0.25) is 9.69 Å². The zero-order valence-corrected chi connectivity index (χ0v) is 15.1. The second-order valence-electron chi connectivity index (χ2n) is 7.70. The van der Waals surface area contributed by atoms with Gasteiger partial charge in [0.05, 0.1) is 12.3 Å². The van der Waals surface area contributed by atoms with E-state index in [1.54, 1.807) is 6.92 Å². The van der Waals surface area contributed by atoms with Gasteiger partial charge >= 0.3 is 0 Å². The second kappa shape index (κ2) is 6.85. The van der Waals surface area contributed by atoms with E-state index in [0.717, 1.165) is 32.6 Å². The van der Waals surface area contributed by atoms with Crippen molar-refractivity contribution in [3.05, 3.63) is 53.4 Å². The van der Waals surface area contributed by atoms with Crippen molar-refractivity contribution in [2.45, 2.75) is 19.9 Å². The van der Waals surface area contributed by atoms with Crippen LogP contribution in [0.5, 0.6) is 0 Å². The van der Waals surface area contributed by atoms with Gasteiger partial charge in [0.15, 0.2) is 0 Å². The molecular formula is C20H25N3O3. The van der Waals surface area contributed by atoms with E-state index < -0.39 is 0 Å².